The summed E-state index contributed by atoms with van der Waals surface area (Å²) in [5.41, 5.74) is 2.48. The Balaban J connectivity index is 2.10. The van der Waals surface area contributed by atoms with Gasteiger partial charge in [-0.3, -0.25) is 0 Å². The average molecular weight is 380 g/mol. The normalized spacial score (nSPS) is 17.2. The lowest BCUT2D eigenvalue weighted by atomic mass is 9.87. The van der Waals surface area contributed by atoms with Crippen LogP contribution in [0, 0.1) is 0 Å². The topological polar surface area (TPSA) is 20.2 Å². The van der Waals surface area contributed by atoms with Crippen molar-refractivity contribution < 1.29 is 5.11 Å². The number of alkyl halides is 1. The lowest BCUT2D eigenvalue weighted by Crippen LogP contribution is -2.30. The summed E-state index contributed by atoms with van der Waals surface area (Å²) in [7, 11) is 0. The van der Waals surface area contributed by atoms with Gasteiger partial charge in [-0.25, -0.2) is 0 Å². The summed E-state index contributed by atoms with van der Waals surface area (Å²) in [6.45, 7) is 4.29. The molecule has 4 atom stereocenters. The molecule has 0 spiro atoms. The van der Waals surface area contributed by atoms with E-state index in [0.717, 1.165) is 0 Å². The van der Waals surface area contributed by atoms with E-state index in [2.05, 4.69) is 72.8 Å². The highest BCUT2D eigenvalue weighted by Crippen LogP contribution is 2.33. The second kappa shape index (κ2) is 7.23. The zero-order valence-corrected chi connectivity index (χ0v) is 14.1. The summed E-state index contributed by atoms with van der Waals surface area (Å²) in [6, 6.07) is 20.7. The SMILES string of the molecule is C[C@@H](c1ccccc1)[C@@H](O)[C@H](I)[C@@H](C)c1ccccc1. The minimum absolute atomic E-state index is 0.143. The van der Waals surface area contributed by atoms with Crippen molar-refractivity contribution in [2.24, 2.45) is 0 Å². The zero-order valence-electron chi connectivity index (χ0n) is 11.9. The second-order valence-electron chi connectivity index (χ2n) is 5.33. The van der Waals surface area contributed by atoms with Crippen molar-refractivity contribution >= 4 is 22.6 Å². The van der Waals surface area contributed by atoms with E-state index in [1.54, 1.807) is 0 Å². The molecule has 0 radical (unpaired) electrons. The van der Waals surface area contributed by atoms with Crippen LogP contribution in [0.3, 0.4) is 0 Å². The molecule has 2 rings (SSSR count). The molecular formula is C18H21IO. The highest BCUT2D eigenvalue weighted by molar-refractivity contribution is 14.1. The number of aliphatic hydroxyl groups excluding tert-OH is 1. The van der Waals surface area contributed by atoms with Crippen molar-refractivity contribution in [3.05, 3.63) is 71.8 Å². The van der Waals surface area contributed by atoms with Crippen LogP contribution in [-0.2, 0) is 0 Å². The first kappa shape index (κ1) is 15.5. The van der Waals surface area contributed by atoms with Crippen LogP contribution < -0.4 is 0 Å². The van der Waals surface area contributed by atoms with Gasteiger partial charge in [0.2, 0.25) is 0 Å². The highest BCUT2D eigenvalue weighted by Gasteiger charge is 2.28. The second-order valence-corrected chi connectivity index (χ2v) is 6.77. The number of benzene rings is 2. The molecule has 0 aromatic heterocycles. The van der Waals surface area contributed by atoms with E-state index in [9.17, 15) is 5.11 Å². The molecule has 20 heavy (non-hydrogen) atoms. The summed E-state index contributed by atoms with van der Waals surface area (Å²) in [4.78, 5) is 0. The van der Waals surface area contributed by atoms with Crippen LogP contribution in [0.5, 0.6) is 0 Å². The molecular weight excluding hydrogens is 359 g/mol. The maximum atomic E-state index is 10.7. The molecule has 0 fully saturated rings. The number of aliphatic hydroxyl groups is 1. The van der Waals surface area contributed by atoms with Gasteiger partial charge in [0.15, 0.2) is 0 Å². The summed E-state index contributed by atoms with van der Waals surface area (Å²) >= 11 is 2.39. The molecule has 2 heteroatoms. The lowest BCUT2D eigenvalue weighted by Gasteiger charge is -2.28. The Hall–Kier alpha value is -0.870. The molecule has 0 aliphatic rings. The van der Waals surface area contributed by atoms with Crippen molar-refractivity contribution in [2.75, 3.05) is 0 Å². The summed E-state index contributed by atoms with van der Waals surface area (Å²) in [6.07, 6.45) is -0.354. The van der Waals surface area contributed by atoms with Gasteiger partial charge in [0, 0.05) is 9.84 Å². The molecule has 0 saturated heterocycles. The molecule has 106 valence electrons. The minimum Gasteiger partial charge on any atom is -0.391 e. The molecule has 0 saturated carbocycles. The third-order valence-corrected chi connectivity index (χ3v) is 5.78. The quantitative estimate of drug-likeness (QED) is 0.586. The van der Waals surface area contributed by atoms with Crippen LogP contribution in [0.15, 0.2) is 60.7 Å². The largest absolute Gasteiger partial charge is 0.391 e. The standard InChI is InChI=1S/C18H21IO/c1-13(15-9-5-3-6-10-15)17(19)18(20)14(2)16-11-7-4-8-12-16/h3-14,17-18,20H,1-2H3/t13-,14-,17+,18+/m0/s1. The summed E-state index contributed by atoms with van der Waals surface area (Å²) < 4.78 is 0.185. The summed E-state index contributed by atoms with van der Waals surface area (Å²) in [5, 5.41) is 10.7. The number of rotatable bonds is 5. The van der Waals surface area contributed by atoms with Crippen molar-refractivity contribution in [1.82, 2.24) is 0 Å². The Morgan fingerprint density at radius 1 is 0.750 bits per heavy atom. The van der Waals surface area contributed by atoms with Crippen molar-refractivity contribution in [3.8, 4) is 0 Å². The third kappa shape index (κ3) is 3.61. The summed E-state index contributed by atoms with van der Waals surface area (Å²) in [5.74, 6) is 0.474. The van der Waals surface area contributed by atoms with Gasteiger partial charge < -0.3 is 5.11 Å². The Labute approximate surface area is 135 Å². The van der Waals surface area contributed by atoms with Gasteiger partial charge in [0.1, 0.15) is 0 Å². The van der Waals surface area contributed by atoms with Crippen LogP contribution >= 0.6 is 22.6 Å². The van der Waals surface area contributed by atoms with Crippen LogP contribution in [0.1, 0.15) is 36.8 Å². The van der Waals surface area contributed by atoms with E-state index < -0.39 is 0 Å². The predicted octanol–water partition coefficient (Wildman–Crippen LogP) is 4.76. The van der Waals surface area contributed by atoms with E-state index in [-0.39, 0.29) is 15.9 Å². The van der Waals surface area contributed by atoms with Crippen LogP contribution in [0.4, 0.5) is 0 Å². The van der Waals surface area contributed by atoms with Gasteiger partial charge in [-0.05, 0) is 17.0 Å². The molecule has 1 nitrogen and oxygen atoms in total. The number of halogens is 1. The smallest absolute Gasteiger partial charge is 0.0729 e. The molecule has 1 N–H and O–H groups in total. The van der Waals surface area contributed by atoms with Gasteiger partial charge in [0.05, 0.1) is 6.10 Å². The molecule has 2 aromatic carbocycles. The van der Waals surface area contributed by atoms with Gasteiger partial charge >= 0.3 is 0 Å². The predicted molar refractivity (Wildman–Crippen MR) is 93.5 cm³/mol. The maximum Gasteiger partial charge on any atom is 0.0729 e. The van der Waals surface area contributed by atoms with E-state index in [4.69, 9.17) is 0 Å². The Morgan fingerprint density at radius 2 is 1.15 bits per heavy atom. The zero-order chi connectivity index (χ0) is 14.5. The van der Waals surface area contributed by atoms with Crippen molar-refractivity contribution in [1.29, 1.82) is 0 Å². The van der Waals surface area contributed by atoms with Gasteiger partial charge in [-0.1, -0.05) is 97.1 Å². The highest BCUT2D eigenvalue weighted by atomic mass is 127. The number of hydrogen-bond acceptors (Lipinski definition) is 1. The Kier molecular flexibility index (Phi) is 5.61. The first-order chi connectivity index (χ1) is 9.61. The van der Waals surface area contributed by atoms with Crippen molar-refractivity contribution in [3.63, 3.8) is 0 Å². The van der Waals surface area contributed by atoms with Crippen LogP contribution in [-0.4, -0.2) is 15.1 Å². The minimum atomic E-state index is -0.354. The van der Waals surface area contributed by atoms with E-state index in [1.165, 1.54) is 11.1 Å². The first-order valence-electron chi connectivity index (χ1n) is 7.03. The average Bonchev–Trinajstić information content (AvgIpc) is 2.53. The molecule has 0 amide bonds. The molecule has 0 aliphatic carbocycles. The Bertz CT molecular complexity index is 462. The monoisotopic (exact) mass is 380 g/mol. The fourth-order valence-corrected chi connectivity index (χ4v) is 3.50. The molecule has 0 aliphatic heterocycles. The van der Waals surface area contributed by atoms with E-state index in [1.807, 2.05) is 24.3 Å². The fraction of sp³-hybridized carbons (Fsp3) is 0.333. The molecule has 0 bridgehead atoms. The van der Waals surface area contributed by atoms with Gasteiger partial charge in [-0.15, -0.1) is 0 Å². The fourth-order valence-electron chi connectivity index (χ4n) is 2.47. The van der Waals surface area contributed by atoms with Gasteiger partial charge in [-0.2, -0.15) is 0 Å². The molecule has 0 unspecified atom stereocenters. The molecule has 2 aromatic rings. The first-order valence-corrected chi connectivity index (χ1v) is 8.28. The van der Waals surface area contributed by atoms with E-state index in [0.29, 0.717) is 5.92 Å². The Morgan fingerprint density at radius 3 is 1.60 bits per heavy atom. The third-order valence-electron chi connectivity index (χ3n) is 3.97. The van der Waals surface area contributed by atoms with Crippen LogP contribution in [0.2, 0.25) is 0 Å². The van der Waals surface area contributed by atoms with Crippen LogP contribution in [0.25, 0.3) is 0 Å². The van der Waals surface area contributed by atoms with E-state index >= 15 is 0 Å². The maximum absolute atomic E-state index is 10.7. The van der Waals surface area contributed by atoms with Crippen molar-refractivity contribution in [2.45, 2.75) is 35.7 Å². The lowest BCUT2D eigenvalue weighted by molar-refractivity contribution is 0.144. The molecule has 0 heterocycles. The number of hydrogen-bond donors (Lipinski definition) is 1. The van der Waals surface area contributed by atoms with Gasteiger partial charge in [0.25, 0.3) is 0 Å².